The van der Waals surface area contributed by atoms with E-state index in [0.717, 1.165) is 64.8 Å². The quantitative estimate of drug-likeness (QED) is 0.534. The Morgan fingerprint density at radius 2 is 1.89 bits per heavy atom. The van der Waals surface area contributed by atoms with Crippen LogP contribution in [0.25, 0.3) is 0 Å². The standard InChI is InChI=1S/C22H34F3N9O/c1-16-19(31-34(30-16)17-5-10-32(2)11-6-17)28-21-27-15-18(22(23,24)25)20(29-21)26-7-3-8-33-9-4-13-35-14-12-33/h15,17H,3-14H2,1-2H3,(H2,26,27,28,29,31). The van der Waals surface area contributed by atoms with Crippen molar-refractivity contribution in [1.29, 1.82) is 0 Å². The predicted octanol–water partition coefficient (Wildman–Crippen LogP) is 2.93. The van der Waals surface area contributed by atoms with Crippen molar-refractivity contribution >= 4 is 17.6 Å². The fourth-order valence-electron chi connectivity index (χ4n) is 4.32. The molecule has 2 aliphatic heterocycles. The summed E-state index contributed by atoms with van der Waals surface area (Å²) >= 11 is 0. The lowest BCUT2D eigenvalue weighted by Gasteiger charge is -2.28. The molecule has 2 N–H and O–H groups in total. The van der Waals surface area contributed by atoms with E-state index >= 15 is 0 Å². The van der Waals surface area contributed by atoms with Gasteiger partial charge in [0.15, 0.2) is 5.82 Å². The molecule has 0 aliphatic carbocycles. The van der Waals surface area contributed by atoms with Crippen LogP contribution in [0.3, 0.4) is 0 Å². The van der Waals surface area contributed by atoms with E-state index in [-0.39, 0.29) is 17.8 Å². The molecule has 0 radical (unpaired) electrons. The summed E-state index contributed by atoms with van der Waals surface area (Å²) in [6.07, 6.45) is -0.210. The normalized spacial score (nSPS) is 19.0. The van der Waals surface area contributed by atoms with Crippen LogP contribution < -0.4 is 10.6 Å². The Balaban J connectivity index is 1.41. The van der Waals surface area contributed by atoms with Gasteiger partial charge in [0, 0.05) is 32.4 Å². The van der Waals surface area contributed by atoms with Gasteiger partial charge in [-0.2, -0.15) is 28.1 Å². The number of ether oxygens (including phenoxy) is 1. The van der Waals surface area contributed by atoms with Gasteiger partial charge in [-0.25, -0.2) is 4.98 Å². The van der Waals surface area contributed by atoms with Gasteiger partial charge in [0.1, 0.15) is 17.1 Å². The molecular formula is C22H34F3N9O. The highest BCUT2D eigenvalue weighted by Crippen LogP contribution is 2.34. The molecule has 194 valence electrons. The van der Waals surface area contributed by atoms with Crippen molar-refractivity contribution in [3.05, 3.63) is 17.5 Å². The second-order valence-corrected chi connectivity index (χ2v) is 9.16. The third-order valence-corrected chi connectivity index (χ3v) is 6.40. The van der Waals surface area contributed by atoms with E-state index in [1.165, 1.54) is 0 Å². The van der Waals surface area contributed by atoms with E-state index < -0.39 is 11.7 Å². The number of nitrogens with one attached hydrogen (secondary N) is 2. The van der Waals surface area contributed by atoms with Gasteiger partial charge in [-0.15, -0.1) is 5.10 Å². The number of alkyl halides is 3. The third kappa shape index (κ3) is 7.01. The maximum absolute atomic E-state index is 13.6. The summed E-state index contributed by atoms with van der Waals surface area (Å²) in [5.41, 5.74) is -0.249. The van der Waals surface area contributed by atoms with Crippen molar-refractivity contribution < 1.29 is 17.9 Å². The average Bonchev–Trinajstić information content (AvgIpc) is 3.01. The van der Waals surface area contributed by atoms with Crippen LogP contribution in [-0.4, -0.2) is 94.3 Å². The van der Waals surface area contributed by atoms with Gasteiger partial charge in [0.2, 0.25) is 5.95 Å². The third-order valence-electron chi connectivity index (χ3n) is 6.40. The second kappa shape index (κ2) is 11.5. The highest BCUT2D eigenvalue weighted by Gasteiger charge is 2.35. The van der Waals surface area contributed by atoms with E-state index in [4.69, 9.17) is 4.74 Å². The molecule has 4 heterocycles. The number of piperidine rings is 1. The smallest absolute Gasteiger partial charge is 0.380 e. The van der Waals surface area contributed by atoms with Gasteiger partial charge in [-0.1, -0.05) is 0 Å². The Labute approximate surface area is 203 Å². The minimum Gasteiger partial charge on any atom is -0.380 e. The van der Waals surface area contributed by atoms with Gasteiger partial charge in [0.25, 0.3) is 0 Å². The molecule has 2 aromatic heterocycles. The van der Waals surface area contributed by atoms with Crippen molar-refractivity contribution in [2.75, 3.05) is 70.2 Å². The summed E-state index contributed by atoms with van der Waals surface area (Å²) in [4.78, 5) is 14.3. The second-order valence-electron chi connectivity index (χ2n) is 9.16. The van der Waals surface area contributed by atoms with Crippen LogP contribution in [-0.2, 0) is 10.9 Å². The van der Waals surface area contributed by atoms with Crippen LogP contribution in [0.5, 0.6) is 0 Å². The largest absolute Gasteiger partial charge is 0.421 e. The highest BCUT2D eigenvalue weighted by molar-refractivity contribution is 5.54. The van der Waals surface area contributed by atoms with Crippen LogP contribution in [0.1, 0.15) is 43.0 Å². The van der Waals surface area contributed by atoms with Gasteiger partial charge >= 0.3 is 6.18 Å². The number of aromatic nitrogens is 5. The summed E-state index contributed by atoms with van der Waals surface area (Å²) in [7, 11) is 2.09. The lowest BCUT2D eigenvalue weighted by molar-refractivity contribution is -0.137. The molecule has 10 nitrogen and oxygen atoms in total. The van der Waals surface area contributed by atoms with Gasteiger partial charge in [-0.3, -0.25) is 0 Å². The Morgan fingerprint density at radius 1 is 1.09 bits per heavy atom. The lowest BCUT2D eigenvalue weighted by atomic mass is 10.1. The van der Waals surface area contributed by atoms with Crippen LogP contribution in [0, 0.1) is 6.92 Å². The van der Waals surface area contributed by atoms with E-state index in [9.17, 15) is 13.2 Å². The van der Waals surface area contributed by atoms with E-state index in [0.29, 0.717) is 31.1 Å². The first-order chi connectivity index (χ1) is 16.8. The SMILES string of the molecule is Cc1nn(C2CCN(C)CC2)nc1Nc1ncc(C(F)(F)F)c(NCCCN2CCCOCC2)n1. The molecule has 2 aliphatic rings. The molecule has 0 atom stereocenters. The zero-order chi connectivity index (χ0) is 24.8. The Hall–Kier alpha value is -2.51. The van der Waals surface area contributed by atoms with Crippen molar-refractivity contribution in [2.45, 2.75) is 44.8 Å². The van der Waals surface area contributed by atoms with Crippen LogP contribution in [0.15, 0.2) is 6.20 Å². The fraction of sp³-hybridized carbons (Fsp3) is 0.727. The molecular weight excluding hydrogens is 463 g/mol. The molecule has 0 bridgehead atoms. The number of hydrogen-bond acceptors (Lipinski definition) is 9. The first kappa shape index (κ1) is 25.6. The summed E-state index contributed by atoms with van der Waals surface area (Å²) in [6, 6.07) is 0.196. The van der Waals surface area contributed by atoms with Gasteiger partial charge in [-0.05, 0) is 59.3 Å². The maximum Gasteiger partial charge on any atom is 0.421 e. The zero-order valence-electron chi connectivity index (χ0n) is 20.3. The van der Waals surface area contributed by atoms with Crippen molar-refractivity contribution in [1.82, 2.24) is 34.8 Å². The maximum atomic E-state index is 13.6. The molecule has 0 aromatic carbocycles. The molecule has 0 amide bonds. The van der Waals surface area contributed by atoms with E-state index in [2.05, 4.69) is 47.6 Å². The molecule has 0 unspecified atom stereocenters. The monoisotopic (exact) mass is 497 g/mol. The summed E-state index contributed by atoms with van der Waals surface area (Å²) < 4.78 is 46.1. The van der Waals surface area contributed by atoms with Gasteiger partial charge < -0.3 is 25.2 Å². The number of hydrogen-bond donors (Lipinski definition) is 2. The van der Waals surface area contributed by atoms with Crippen LogP contribution >= 0.6 is 0 Å². The number of anilines is 3. The predicted molar refractivity (Wildman–Crippen MR) is 126 cm³/mol. The van der Waals surface area contributed by atoms with Gasteiger partial charge in [0.05, 0.1) is 12.6 Å². The summed E-state index contributed by atoms with van der Waals surface area (Å²) in [6.45, 7) is 8.11. The van der Waals surface area contributed by atoms with E-state index in [1.54, 1.807) is 11.7 Å². The van der Waals surface area contributed by atoms with Crippen LogP contribution in [0.4, 0.5) is 30.8 Å². The van der Waals surface area contributed by atoms with Crippen molar-refractivity contribution in [2.24, 2.45) is 0 Å². The molecule has 13 heteroatoms. The highest BCUT2D eigenvalue weighted by atomic mass is 19.4. The van der Waals surface area contributed by atoms with Crippen molar-refractivity contribution in [3.63, 3.8) is 0 Å². The Kier molecular flexibility index (Phi) is 8.39. The summed E-state index contributed by atoms with van der Waals surface area (Å²) in [5.74, 6) is 0.247. The number of nitrogens with zero attached hydrogens (tertiary/aromatic N) is 7. The average molecular weight is 498 g/mol. The Morgan fingerprint density at radius 3 is 2.66 bits per heavy atom. The number of likely N-dealkylation sites (tertiary alicyclic amines) is 1. The first-order valence-electron chi connectivity index (χ1n) is 12.2. The topological polar surface area (TPSA) is 96.3 Å². The zero-order valence-corrected chi connectivity index (χ0v) is 20.3. The molecule has 4 rings (SSSR count). The minimum absolute atomic E-state index is 0.0451. The molecule has 35 heavy (non-hydrogen) atoms. The molecule has 0 spiro atoms. The first-order valence-corrected chi connectivity index (χ1v) is 12.2. The minimum atomic E-state index is -4.56. The number of halogens is 3. The number of rotatable bonds is 8. The summed E-state index contributed by atoms with van der Waals surface area (Å²) in [5, 5.41) is 14.8. The fourth-order valence-corrected chi connectivity index (χ4v) is 4.32. The number of aryl methyl sites for hydroxylation is 1. The molecule has 2 fully saturated rings. The molecule has 2 saturated heterocycles. The molecule has 2 aromatic rings. The Bertz CT molecular complexity index is 952. The van der Waals surface area contributed by atoms with Crippen molar-refractivity contribution in [3.8, 4) is 0 Å². The van der Waals surface area contributed by atoms with Crippen LogP contribution in [0.2, 0.25) is 0 Å². The van der Waals surface area contributed by atoms with E-state index in [1.807, 2.05) is 0 Å². The molecule has 0 saturated carbocycles. The lowest BCUT2D eigenvalue weighted by Crippen LogP contribution is -2.32.